The lowest BCUT2D eigenvalue weighted by atomic mass is 10.2. The lowest BCUT2D eigenvalue weighted by Crippen LogP contribution is -2.20. The fourth-order valence-corrected chi connectivity index (χ4v) is 2.59. The van der Waals surface area contributed by atoms with Crippen molar-refractivity contribution in [2.75, 3.05) is 11.5 Å². The van der Waals surface area contributed by atoms with E-state index < -0.39 is 16.8 Å². The second-order valence-electron chi connectivity index (χ2n) is 4.02. The van der Waals surface area contributed by atoms with Crippen molar-refractivity contribution in [3.63, 3.8) is 0 Å². The number of benzene rings is 1. The van der Waals surface area contributed by atoms with Gasteiger partial charge in [-0.25, -0.2) is 9.59 Å². The molecule has 0 bridgehead atoms. The molecule has 19 heavy (non-hydrogen) atoms. The Morgan fingerprint density at radius 3 is 2.84 bits per heavy atom. The maximum atomic E-state index is 11.8. The molecule has 1 aromatic heterocycles. The molecule has 0 aliphatic heterocycles. The third-order valence-electron chi connectivity index (χ3n) is 2.91. The van der Waals surface area contributed by atoms with Crippen LogP contribution in [0.5, 0.6) is 0 Å². The van der Waals surface area contributed by atoms with Crippen LogP contribution in [0.3, 0.4) is 0 Å². The number of carboxylic acid groups (broad SMARTS) is 1. The van der Waals surface area contributed by atoms with E-state index in [0.717, 1.165) is 0 Å². The zero-order valence-electron chi connectivity index (χ0n) is 10.4. The van der Waals surface area contributed by atoms with Gasteiger partial charge in [0, 0.05) is 28.9 Å². The Balaban J connectivity index is 2.48. The normalized spacial score (nSPS) is 12.7. The molecule has 6 nitrogen and oxygen atoms in total. The molecule has 1 heterocycles. The van der Waals surface area contributed by atoms with E-state index in [2.05, 4.69) is 4.98 Å². The van der Waals surface area contributed by atoms with E-state index in [1.54, 1.807) is 12.1 Å². The summed E-state index contributed by atoms with van der Waals surface area (Å²) in [6.07, 6.45) is 0. The highest BCUT2D eigenvalue weighted by Gasteiger charge is 2.14. The summed E-state index contributed by atoms with van der Waals surface area (Å²) in [7, 11) is -0.967. The molecule has 0 amide bonds. The number of hydrogen-bond acceptors (Lipinski definition) is 3. The number of imidazole rings is 1. The van der Waals surface area contributed by atoms with E-state index in [1.807, 2.05) is 6.92 Å². The maximum absolute atomic E-state index is 11.8. The van der Waals surface area contributed by atoms with E-state index in [1.165, 1.54) is 10.6 Å². The highest BCUT2D eigenvalue weighted by molar-refractivity contribution is 7.84. The highest BCUT2D eigenvalue weighted by Crippen LogP contribution is 2.15. The molecule has 2 rings (SSSR count). The van der Waals surface area contributed by atoms with Crippen molar-refractivity contribution < 1.29 is 14.1 Å². The van der Waals surface area contributed by atoms with Gasteiger partial charge in [0.1, 0.15) is 0 Å². The molecular weight excluding hydrogens is 268 g/mol. The van der Waals surface area contributed by atoms with Crippen LogP contribution in [0.1, 0.15) is 17.3 Å². The number of carboxylic acids is 1. The van der Waals surface area contributed by atoms with Gasteiger partial charge in [0.2, 0.25) is 0 Å². The Labute approximate surface area is 111 Å². The molecule has 0 fully saturated rings. The van der Waals surface area contributed by atoms with Gasteiger partial charge < -0.3 is 10.1 Å². The second-order valence-corrected chi connectivity index (χ2v) is 5.88. The Morgan fingerprint density at radius 2 is 2.21 bits per heavy atom. The quantitative estimate of drug-likeness (QED) is 0.848. The first-order valence-electron chi connectivity index (χ1n) is 5.84. The Bertz CT molecular complexity index is 701. The largest absolute Gasteiger partial charge is 0.478 e. The lowest BCUT2D eigenvalue weighted by Gasteiger charge is -2.03. The van der Waals surface area contributed by atoms with E-state index in [9.17, 15) is 13.8 Å². The van der Waals surface area contributed by atoms with Gasteiger partial charge in [0.15, 0.2) is 0 Å². The molecule has 1 aromatic carbocycles. The molecule has 1 atom stereocenters. The van der Waals surface area contributed by atoms with Crippen LogP contribution in [0.2, 0.25) is 0 Å². The molecule has 2 aromatic rings. The average Bonchev–Trinajstić information content (AvgIpc) is 2.71. The van der Waals surface area contributed by atoms with Crippen molar-refractivity contribution in [3.05, 3.63) is 34.2 Å². The molecule has 1 unspecified atom stereocenters. The van der Waals surface area contributed by atoms with Gasteiger partial charge in [0.25, 0.3) is 0 Å². The predicted octanol–water partition coefficient (Wildman–Crippen LogP) is 0.796. The summed E-state index contributed by atoms with van der Waals surface area (Å²) >= 11 is 0. The molecule has 7 heteroatoms. The zero-order chi connectivity index (χ0) is 14.0. The zero-order valence-corrected chi connectivity index (χ0v) is 11.2. The molecule has 0 radical (unpaired) electrons. The summed E-state index contributed by atoms with van der Waals surface area (Å²) in [6.45, 7) is 2.12. The van der Waals surface area contributed by atoms with Gasteiger partial charge in [-0.15, -0.1) is 0 Å². The molecule has 102 valence electrons. The third-order valence-corrected chi connectivity index (χ3v) is 4.19. The van der Waals surface area contributed by atoms with E-state index >= 15 is 0 Å². The minimum absolute atomic E-state index is 0.0602. The van der Waals surface area contributed by atoms with Gasteiger partial charge in [-0.05, 0) is 12.1 Å². The third kappa shape index (κ3) is 2.60. The highest BCUT2D eigenvalue weighted by atomic mass is 32.2. The van der Waals surface area contributed by atoms with Gasteiger partial charge in [-0.1, -0.05) is 13.0 Å². The summed E-state index contributed by atoms with van der Waals surface area (Å²) in [4.78, 5) is 25.4. The number of fused-ring (bicyclic) bond motifs is 1. The van der Waals surface area contributed by atoms with Gasteiger partial charge in [0.05, 0.1) is 16.6 Å². The summed E-state index contributed by atoms with van der Waals surface area (Å²) in [5, 5.41) is 9.06. The minimum atomic E-state index is -1.09. The first kappa shape index (κ1) is 13.5. The number of nitrogens with zero attached hydrogens (tertiary/aromatic N) is 1. The molecule has 2 N–H and O–H groups in total. The van der Waals surface area contributed by atoms with Gasteiger partial charge >= 0.3 is 11.7 Å². The smallest absolute Gasteiger partial charge is 0.337 e. The Morgan fingerprint density at radius 1 is 1.47 bits per heavy atom. The maximum Gasteiger partial charge on any atom is 0.337 e. The van der Waals surface area contributed by atoms with Crippen molar-refractivity contribution in [2.45, 2.75) is 13.5 Å². The molecule has 0 aliphatic rings. The number of para-hydroxylation sites is 1. The molecule has 0 saturated carbocycles. The summed E-state index contributed by atoms with van der Waals surface area (Å²) in [6, 6.07) is 4.70. The first-order valence-corrected chi connectivity index (χ1v) is 7.33. The number of aryl methyl sites for hydroxylation is 1. The fraction of sp³-hybridized carbons (Fsp3) is 0.333. The lowest BCUT2D eigenvalue weighted by molar-refractivity contribution is 0.0699. The predicted molar refractivity (Wildman–Crippen MR) is 73.1 cm³/mol. The van der Waals surface area contributed by atoms with E-state index in [0.29, 0.717) is 29.1 Å². The van der Waals surface area contributed by atoms with Crippen molar-refractivity contribution >= 4 is 27.8 Å². The topological polar surface area (TPSA) is 92.2 Å². The van der Waals surface area contributed by atoms with Gasteiger partial charge in [-0.2, -0.15) is 0 Å². The van der Waals surface area contributed by atoms with Crippen LogP contribution >= 0.6 is 0 Å². The van der Waals surface area contributed by atoms with Crippen LogP contribution in [0.4, 0.5) is 0 Å². The molecule has 0 spiro atoms. The first-order chi connectivity index (χ1) is 9.04. The SMILES string of the molecule is CCS(=O)CCn1c(=O)[nH]c2c(C(=O)O)cccc21. The second kappa shape index (κ2) is 5.40. The van der Waals surface area contributed by atoms with Crippen LogP contribution in [0, 0.1) is 0 Å². The molecule has 0 aliphatic carbocycles. The van der Waals surface area contributed by atoms with E-state index in [4.69, 9.17) is 5.11 Å². The molecular formula is C12H14N2O4S. The average molecular weight is 282 g/mol. The van der Waals surface area contributed by atoms with E-state index in [-0.39, 0.29) is 11.3 Å². The number of nitrogens with one attached hydrogen (secondary N) is 1. The number of rotatable bonds is 5. The summed E-state index contributed by atoms with van der Waals surface area (Å²) < 4.78 is 12.8. The van der Waals surface area contributed by atoms with Gasteiger partial charge in [-0.3, -0.25) is 8.78 Å². The fourth-order valence-electron chi connectivity index (χ4n) is 1.92. The molecule has 0 saturated heterocycles. The number of aromatic carboxylic acids is 1. The van der Waals surface area contributed by atoms with Crippen LogP contribution in [0.25, 0.3) is 11.0 Å². The Kier molecular flexibility index (Phi) is 3.84. The van der Waals surface area contributed by atoms with Crippen molar-refractivity contribution in [1.82, 2.24) is 9.55 Å². The van der Waals surface area contributed by atoms with Crippen LogP contribution < -0.4 is 5.69 Å². The monoisotopic (exact) mass is 282 g/mol. The van der Waals surface area contributed by atoms with Crippen molar-refractivity contribution in [1.29, 1.82) is 0 Å². The number of H-pyrrole nitrogens is 1. The van der Waals surface area contributed by atoms with Crippen LogP contribution in [-0.2, 0) is 17.3 Å². The van der Waals surface area contributed by atoms with Crippen molar-refractivity contribution in [2.24, 2.45) is 0 Å². The van der Waals surface area contributed by atoms with Crippen LogP contribution in [-0.4, -0.2) is 36.3 Å². The minimum Gasteiger partial charge on any atom is -0.478 e. The van der Waals surface area contributed by atoms with Crippen LogP contribution in [0.15, 0.2) is 23.0 Å². The number of aromatic nitrogens is 2. The summed E-state index contributed by atoms with van der Waals surface area (Å²) in [5.41, 5.74) is 0.516. The standard InChI is InChI=1S/C12H14N2O4S/c1-2-19(18)7-6-14-9-5-3-4-8(11(15)16)10(9)13-12(14)17/h3-5H,2,6-7H2,1H3,(H,13,17)(H,15,16). The number of carbonyl (C=O) groups is 1. The number of aromatic amines is 1. The Hall–Kier alpha value is -1.89. The number of hydrogen-bond donors (Lipinski definition) is 2. The summed E-state index contributed by atoms with van der Waals surface area (Å²) in [5.74, 6) is -0.172. The van der Waals surface area contributed by atoms with Crippen molar-refractivity contribution in [3.8, 4) is 0 Å².